The Labute approximate surface area is 152 Å². The van der Waals surface area contributed by atoms with Crippen molar-refractivity contribution >= 4 is 34.6 Å². The Hall–Kier alpha value is -2.33. The first-order chi connectivity index (χ1) is 12.0. The number of aromatic nitrogens is 1. The molecule has 4 rings (SSSR count). The maximum Gasteiger partial charge on any atom is 0.0890 e. The highest BCUT2D eigenvalue weighted by molar-refractivity contribution is 8.01. The lowest BCUT2D eigenvalue weighted by Gasteiger charge is -2.29. The van der Waals surface area contributed by atoms with Gasteiger partial charge < -0.3 is 4.98 Å². The molecule has 4 heteroatoms. The van der Waals surface area contributed by atoms with Crippen LogP contribution in [0.2, 0.25) is 0 Å². The standard InChI is InChI=1S/C21H21N3S/c1-14-8-7-11-16-18(14)23-19-17(12-21(2,3)25-20(16)19)24-22-13-15-9-5-4-6-10-15/h4-11,13,23H,12H2,1-3H3/b22-13+,24-17+. The van der Waals surface area contributed by atoms with E-state index in [1.807, 2.05) is 48.3 Å². The predicted octanol–water partition coefficient (Wildman–Crippen LogP) is 5.57. The van der Waals surface area contributed by atoms with E-state index < -0.39 is 0 Å². The molecule has 1 aliphatic rings. The number of benzene rings is 2. The zero-order valence-electron chi connectivity index (χ0n) is 14.7. The minimum Gasteiger partial charge on any atom is -0.352 e. The van der Waals surface area contributed by atoms with E-state index in [4.69, 9.17) is 0 Å². The molecule has 1 aromatic heterocycles. The van der Waals surface area contributed by atoms with Gasteiger partial charge in [0.2, 0.25) is 0 Å². The largest absolute Gasteiger partial charge is 0.352 e. The topological polar surface area (TPSA) is 40.5 Å². The van der Waals surface area contributed by atoms with Crippen molar-refractivity contribution in [2.24, 2.45) is 10.2 Å². The molecule has 0 spiro atoms. The number of nitrogens with zero attached hydrogens (tertiary/aromatic N) is 2. The predicted molar refractivity (Wildman–Crippen MR) is 108 cm³/mol. The first-order valence-corrected chi connectivity index (χ1v) is 9.31. The number of H-pyrrole nitrogens is 1. The second-order valence-electron chi connectivity index (χ2n) is 7.07. The number of nitrogens with one attached hydrogen (secondary N) is 1. The third-order valence-electron chi connectivity index (χ3n) is 4.44. The van der Waals surface area contributed by atoms with E-state index in [0.29, 0.717) is 0 Å². The van der Waals surface area contributed by atoms with Crippen LogP contribution in [0.1, 0.15) is 37.1 Å². The Morgan fingerprint density at radius 1 is 1.08 bits per heavy atom. The molecule has 126 valence electrons. The third kappa shape index (κ3) is 3.14. The smallest absolute Gasteiger partial charge is 0.0890 e. The molecule has 0 bridgehead atoms. The Kier molecular flexibility index (Phi) is 4.00. The van der Waals surface area contributed by atoms with Gasteiger partial charge in [-0.1, -0.05) is 48.5 Å². The average molecular weight is 347 g/mol. The first kappa shape index (κ1) is 16.2. The molecule has 0 atom stereocenters. The quantitative estimate of drug-likeness (QED) is 0.477. The minimum absolute atomic E-state index is 0.104. The van der Waals surface area contributed by atoms with Gasteiger partial charge in [-0.2, -0.15) is 10.2 Å². The highest BCUT2D eigenvalue weighted by Gasteiger charge is 2.33. The molecule has 3 nitrogen and oxygen atoms in total. The highest BCUT2D eigenvalue weighted by Crippen LogP contribution is 2.46. The van der Waals surface area contributed by atoms with E-state index in [1.54, 1.807) is 0 Å². The molecule has 0 saturated carbocycles. The molecule has 0 aliphatic carbocycles. The van der Waals surface area contributed by atoms with Gasteiger partial charge in [-0.05, 0) is 31.9 Å². The summed E-state index contributed by atoms with van der Waals surface area (Å²) in [6.45, 7) is 6.68. The number of aryl methyl sites for hydroxylation is 1. The molecule has 0 amide bonds. The Morgan fingerprint density at radius 2 is 1.88 bits per heavy atom. The van der Waals surface area contributed by atoms with Crippen LogP contribution in [0.25, 0.3) is 10.9 Å². The molecule has 0 radical (unpaired) electrons. The number of fused-ring (bicyclic) bond motifs is 3. The normalized spacial score (nSPS) is 18.1. The van der Waals surface area contributed by atoms with Crippen molar-refractivity contribution in [3.05, 3.63) is 65.4 Å². The van der Waals surface area contributed by atoms with E-state index in [1.165, 1.54) is 21.4 Å². The van der Waals surface area contributed by atoms with Gasteiger partial charge in [-0.25, -0.2) is 0 Å². The van der Waals surface area contributed by atoms with Gasteiger partial charge in [0.1, 0.15) is 0 Å². The molecule has 3 aromatic rings. The summed E-state index contributed by atoms with van der Waals surface area (Å²) in [4.78, 5) is 4.89. The lowest BCUT2D eigenvalue weighted by atomic mass is 10.0. The number of hydrogen-bond donors (Lipinski definition) is 1. The molecule has 25 heavy (non-hydrogen) atoms. The van der Waals surface area contributed by atoms with E-state index in [9.17, 15) is 0 Å². The van der Waals surface area contributed by atoms with Crippen molar-refractivity contribution in [2.45, 2.75) is 36.8 Å². The lowest BCUT2D eigenvalue weighted by molar-refractivity contribution is 0.737. The molecule has 2 heterocycles. The summed E-state index contributed by atoms with van der Waals surface area (Å²) in [6, 6.07) is 16.5. The van der Waals surface area contributed by atoms with Crippen molar-refractivity contribution in [3.63, 3.8) is 0 Å². The number of rotatable bonds is 2. The van der Waals surface area contributed by atoms with Gasteiger partial charge in [-0.15, -0.1) is 11.8 Å². The fourth-order valence-corrected chi connectivity index (χ4v) is 4.55. The van der Waals surface area contributed by atoms with Crippen LogP contribution in [0.5, 0.6) is 0 Å². The molecule has 0 unspecified atom stereocenters. The van der Waals surface area contributed by atoms with Crippen LogP contribution in [-0.2, 0) is 0 Å². The molecule has 0 saturated heterocycles. The van der Waals surface area contributed by atoms with Crippen LogP contribution in [0.3, 0.4) is 0 Å². The van der Waals surface area contributed by atoms with Crippen molar-refractivity contribution in [1.29, 1.82) is 0 Å². The maximum absolute atomic E-state index is 4.58. The minimum atomic E-state index is 0.104. The van der Waals surface area contributed by atoms with E-state index in [2.05, 4.69) is 54.2 Å². The number of hydrogen-bond acceptors (Lipinski definition) is 3. The molecular weight excluding hydrogens is 326 g/mol. The Morgan fingerprint density at radius 3 is 2.68 bits per heavy atom. The van der Waals surface area contributed by atoms with E-state index in [0.717, 1.165) is 23.4 Å². The van der Waals surface area contributed by atoms with Crippen molar-refractivity contribution in [3.8, 4) is 0 Å². The van der Waals surface area contributed by atoms with Gasteiger partial charge >= 0.3 is 0 Å². The molecule has 0 fully saturated rings. The SMILES string of the molecule is Cc1cccc2c3c([nH]c12)/C(=N/N=C/c1ccccc1)CC(C)(C)S3. The summed E-state index contributed by atoms with van der Waals surface area (Å²) in [5.41, 5.74) is 5.68. The van der Waals surface area contributed by atoms with Gasteiger partial charge in [0, 0.05) is 21.4 Å². The lowest BCUT2D eigenvalue weighted by Crippen LogP contribution is -2.25. The summed E-state index contributed by atoms with van der Waals surface area (Å²) in [5, 5.41) is 10.2. The molecule has 1 aliphatic heterocycles. The molecule has 2 aromatic carbocycles. The molecule has 1 N–H and O–H groups in total. The van der Waals surface area contributed by atoms with Crippen LogP contribution in [0.15, 0.2) is 63.6 Å². The zero-order valence-corrected chi connectivity index (χ0v) is 15.5. The number of aromatic amines is 1. The first-order valence-electron chi connectivity index (χ1n) is 8.49. The van der Waals surface area contributed by atoms with E-state index in [-0.39, 0.29) is 4.75 Å². The highest BCUT2D eigenvalue weighted by atomic mass is 32.2. The van der Waals surface area contributed by atoms with Crippen molar-refractivity contribution < 1.29 is 0 Å². The fourth-order valence-electron chi connectivity index (χ4n) is 3.24. The van der Waals surface area contributed by atoms with Gasteiger partial charge in [0.05, 0.1) is 23.1 Å². The van der Waals surface area contributed by atoms with Crippen molar-refractivity contribution in [1.82, 2.24) is 4.98 Å². The second kappa shape index (κ2) is 6.19. The Bertz CT molecular complexity index is 981. The second-order valence-corrected chi connectivity index (χ2v) is 8.78. The van der Waals surface area contributed by atoms with Gasteiger partial charge in [-0.3, -0.25) is 0 Å². The van der Waals surface area contributed by atoms with Crippen molar-refractivity contribution in [2.75, 3.05) is 0 Å². The zero-order chi connectivity index (χ0) is 17.4. The van der Waals surface area contributed by atoms with Crippen LogP contribution in [0.4, 0.5) is 0 Å². The van der Waals surface area contributed by atoms with E-state index >= 15 is 0 Å². The summed E-state index contributed by atoms with van der Waals surface area (Å²) in [7, 11) is 0. The monoisotopic (exact) mass is 347 g/mol. The number of para-hydroxylation sites is 1. The maximum atomic E-state index is 4.58. The van der Waals surface area contributed by atoms with Crippen LogP contribution in [-0.4, -0.2) is 21.7 Å². The number of thioether (sulfide) groups is 1. The summed E-state index contributed by atoms with van der Waals surface area (Å²) < 4.78 is 0.104. The summed E-state index contributed by atoms with van der Waals surface area (Å²) >= 11 is 1.93. The fraction of sp³-hybridized carbons (Fsp3) is 0.238. The summed E-state index contributed by atoms with van der Waals surface area (Å²) in [5.74, 6) is 0. The van der Waals surface area contributed by atoms with Crippen LogP contribution < -0.4 is 0 Å². The van der Waals surface area contributed by atoms with Crippen LogP contribution >= 0.6 is 11.8 Å². The summed E-state index contributed by atoms with van der Waals surface area (Å²) in [6.07, 6.45) is 2.71. The average Bonchev–Trinajstić information content (AvgIpc) is 2.95. The molecular formula is C21H21N3S. The van der Waals surface area contributed by atoms with Gasteiger partial charge in [0.25, 0.3) is 0 Å². The third-order valence-corrected chi connectivity index (χ3v) is 5.76. The Balaban J connectivity index is 1.79. The van der Waals surface area contributed by atoms with Crippen LogP contribution in [0, 0.1) is 6.92 Å². The van der Waals surface area contributed by atoms with Gasteiger partial charge in [0.15, 0.2) is 0 Å².